The first-order valence-corrected chi connectivity index (χ1v) is 5.48. The second-order valence-corrected chi connectivity index (χ2v) is 5.56. The third-order valence-corrected chi connectivity index (χ3v) is 2.24. The third kappa shape index (κ3) is 12.8. The Bertz CT molecular complexity index is 123. The molecule has 0 saturated heterocycles. The fraction of sp³-hybridized carbons (Fsp3) is 1.00. The van der Waals surface area contributed by atoms with Crippen LogP contribution in [0.15, 0.2) is 0 Å². The van der Waals surface area contributed by atoms with E-state index in [-0.39, 0.29) is 0 Å². The molecule has 0 radical (unpaired) electrons. The summed E-state index contributed by atoms with van der Waals surface area (Å²) in [6.07, 6.45) is 3.36. The van der Waals surface area contributed by atoms with Crippen LogP contribution in [0.25, 0.3) is 0 Å². The van der Waals surface area contributed by atoms with E-state index in [4.69, 9.17) is 45.0 Å². The number of rotatable bonds is 6. The fourth-order valence-electron chi connectivity index (χ4n) is 1.01. The fourth-order valence-corrected chi connectivity index (χ4v) is 1.41. The van der Waals surface area contributed by atoms with Gasteiger partial charge in [0.05, 0.1) is 0 Å². The highest BCUT2D eigenvalue weighted by Gasteiger charge is 2.17. The SMILES string of the molecule is OC(O)CCCCCCC(Cl)(Cl)Cl. The number of hydrogen-bond acceptors (Lipinski definition) is 2. The van der Waals surface area contributed by atoms with E-state index in [1.165, 1.54) is 0 Å². The van der Waals surface area contributed by atoms with E-state index in [0.717, 1.165) is 25.7 Å². The van der Waals surface area contributed by atoms with Gasteiger partial charge in [-0.1, -0.05) is 47.6 Å². The molecule has 0 aliphatic rings. The van der Waals surface area contributed by atoms with Crippen molar-refractivity contribution in [1.29, 1.82) is 0 Å². The highest BCUT2D eigenvalue weighted by Crippen LogP contribution is 2.32. The Morgan fingerprint density at radius 3 is 1.92 bits per heavy atom. The van der Waals surface area contributed by atoms with E-state index in [1.807, 2.05) is 0 Å². The molecule has 0 spiro atoms. The molecule has 0 aromatic heterocycles. The van der Waals surface area contributed by atoms with Crippen LogP contribution in [0.3, 0.4) is 0 Å². The molecule has 0 heterocycles. The molecule has 0 unspecified atom stereocenters. The van der Waals surface area contributed by atoms with Gasteiger partial charge in [0, 0.05) is 0 Å². The summed E-state index contributed by atoms with van der Waals surface area (Å²) in [6, 6.07) is 0. The van der Waals surface area contributed by atoms with Gasteiger partial charge in [0.15, 0.2) is 10.1 Å². The average Bonchev–Trinajstić information content (AvgIpc) is 1.93. The van der Waals surface area contributed by atoms with Crippen LogP contribution in [-0.2, 0) is 0 Å². The summed E-state index contributed by atoms with van der Waals surface area (Å²) in [7, 11) is 0. The highest BCUT2D eigenvalue weighted by atomic mass is 35.6. The largest absolute Gasteiger partial charge is 0.368 e. The van der Waals surface area contributed by atoms with Crippen LogP contribution in [0.2, 0.25) is 0 Å². The maximum absolute atomic E-state index is 8.53. The van der Waals surface area contributed by atoms with Gasteiger partial charge >= 0.3 is 0 Å². The first-order chi connectivity index (χ1) is 5.92. The van der Waals surface area contributed by atoms with Crippen LogP contribution in [0.1, 0.15) is 38.5 Å². The predicted octanol–water partition coefficient (Wildman–Crippen LogP) is 3.01. The Hall–Kier alpha value is 0.790. The van der Waals surface area contributed by atoms with Gasteiger partial charge in [-0.2, -0.15) is 0 Å². The van der Waals surface area contributed by atoms with Crippen molar-refractivity contribution in [3.63, 3.8) is 0 Å². The molecular weight excluding hydrogens is 234 g/mol. The highest BCUT2D eigenvalue weighted by molar-refractivity contribution is 6.67. The first kappa shape index (κ1) is 13.8. The minimum Gasteiger partial charge on any atom is -0.368 e. The van der Waals surface area contributed by atoms with Crippen molar-refractivity contribution >= 4 is 34.8 Å². The predicted molar refractivity (Wildman–Crippen MR) is 56.2 cm³/mol. The zero-order chi connectivity index (χ0) is 10.3. The number of unbranched alkanes of at least 4 members (excludes halogenated alkanes) is 3. The Morgan fingerprint density at radius 1 is 0.923 bits per heavy atom. The van der Waals surface area contributed by atoms with Crippen molar-refractivity contribution in [2.45, 2.75) is 48.6 Å². The lowest BCUT2D eigenvalue weighted by Crippen LogP contribution is -2.03. The molecule has 0 aliphatic carbocycles. The van der Waals surface area contributed by atoms with Crippen LogP contribution in [0.4, 0.5) is 0 Å². The Kier molecular flexibility index (Phi) is 7.56. The van der Waals surface area contributed by atoms with Crippen molar-refractivity contribution in [2.75, 3.05) is 0 Å². The van der Waals surface area contributed by atoms with Gasteiger partial charge in [-0.25, -0.2) is 0 Å². The molecule has 0 aliphatic heterocycles. The molecular formula is C8H15Cl3O2. The molecule has 0 atom stereocenters. The zero-order valence-electron chi connectivity index (χ0n) is 7.35. The van der Waals surface area contributed by atoms with Crippen LogP contribution in [-0.4, -0.2) is 20.3 Å². The summed E-state index contributed by atoms with van der Waals surface area (Å²) < 4.78 is -1.14. The second kappa shape index (κ2) is 7.13. The van der Waals surface area contributed by atoms with Crippen LogP contribution in [0.5, 0.6) is 0 Å². The van der Waals surface area contributed by atoms with Crippen LogP contribution < -0.4 is 0 Å². The van der Waals surface area contributed by atoms with Gasteiger partial charge in [-0.3, -0.25) is 0 Å². The second-order valence-electron chi connectivity index (χ2n) is 3.05. The molecule has 0 amide bonds. The molecule has 0 saturated carbocycles. The van der Waals surface area contributed by atoms with Crippen molar-refractivity contribution in [1.82, 2.24) is 0 Å². The summed E-state index contributed by atoms with van der Waals surface area (Å²) >= 11 is 16.6. The summed E-state index contributed by atoms with van der Waals surface area (Å²) in [4.78, 5) is 0. The molecule has 0 aromatic carbocycles. The molecule has 2 nitrogen and oxygen atoms in total. The molecule has 0 bridgehead atoms. The molecule has 2 N–H and O–H groups in total. The Balaban J connectivity index is 3.09. The van der Waals surface area contributed by atoms with E-state index >= 15 is 0 Å². The molecule has 0 aromatic rings. The molecule has 5 heteroatoms. The van der Waals surface area contributed by atoms with Crippen molar-refractivity contribution < 1.29 is 10.2 Å². The summed E-state index contributed by atoms with van der Waals surface area (Å²) in [5, 5.41) is 17.1. The van der Waals surface area contributed by atoms with Crippen molar-refractivity contribution in [3.8, 4) is 0 Å². The smallest absolute Gasteiger partial charge is 0.190 e. The summed E-state index contributed by atoms with van der Waals surface area (Å²) in [5.74, 6) is 0. The lowest BCUT2D eigenvalue weighted by molar-refractivity contribution is -0.0466. The molecule has 13 heavy (non-hydrogen) atoms. The monoisotopic (exact) mass is 248 g/mol. The van der Waals surface area contributed by atoms with Gasteiger partial charge in [-0.15, -0.1) is 0 Å². The first-order valence-electron chi connectivity index (χ1n) is 4.35. The lowest BCUT2D eigenvalue weighted by Gasteiger charge is -2.09. The summed E-state index contributed by atoms with van der Waals surface area (Å²) in [5.41, 5.74) is 0. The summed E-state index contributed by atoms with van der Waals surface area (Å²) in [6.45, 7) is 0. The van der Waals surface area contributed by atoms with E-state index in [2.05, 4.69) is 0 Å². The zero-order valence-corrected chi connectivity index (χ0v) is 9.62. The Morgan fingerprint density at radius 2 is 1.46 bits per heavy atom. The topological polar surface area (TPSA) is 40.5 Å². The molecule has 0 fully saturated rings. The van der Waals surface area contributed by atoms with Gasteiger partial charge < -0.3 is 10.2 Å². The molecule has 80 valence electrons. The van der Waals surface area contributed by atoms with Gasteiger partial charge in [0.2, 0.25) is 0 Å². The maximum Gasteiger partial charge on any atom is 0.190 e. The number of alkyl halides is 3. The van der Waals surface area contributed by atoms with E-state index < -0.39 is 10.1 Å². The van der Waals surface area contributed by atoms with Gasteiger partial charge in [-0.05, 0) is 25.7 Å². The third-order valence-electron chi connectivity index (χ3n) is 1.67. The number of aliphatic hydroxyl groups excluding tert-OH is 1. The van der Waals surface area contributed by atoms with E-state index in [0.29, 0.717) is 12.8 Å². The van der Waals surface area contributed by atoms with E-state index in [9.17, 15) is 0 Å². The number of hydrogen-bond donors (Lipinski definition) is 2. The Labute approximate surface area is 93.8 Å². The van der Waals surface area contributed by atoms with E-state index in [1.54, 1.807) is 0 Å². The maximum atomic E-state index is 8.53. The van der Waals surface area contributed by atoms with Crippen LogP contribution >= 0.6 is 34.8 Å². The van der Waals surface area contributed by atoms with Crippen molar-refractivity contribution in [2.24, 2.45) is 0 Å². The number of halogens is 3. The quantitative estimate of drug-likeness (QED) is 0.432. The standard InChI is InChI=1S/C8H15Cl3O2/c9-8(10,11)6-4-2-1-3-5-7(12)13/h7,12-13H,1-6H2. The lowest BCUT2D eigenvalue weighted by atomic mass is 10.1. The minimum atomic E-state index is -1.19. The minimum absolute atomic E-state index is 0.424. The van der Waals surface area contributed by atoms with Gasteiger partial charge in [0.1, 0.15) is 0 Å². The number of aliphatic hydroxyl groups is 2. The van der Waals surface area contributed by atoms with Crippen molar-refractivity contribution in [3.05, 3.63) is 0 Å². The van der Waals surface area contributed by atoms with Gasteiger partial charge in [0.25, 0.3) is 0 Å². The average molecular weight is 250 g/mol. The molecule has 0 rings (SSSR count). The van der Waals surface area contributed by atoms with Crippen LogP contribution in [0, 0.1) is 0 Å². The normalized spacial score (nSPS) is 12.5.